The van der Waals surface area contributed by atoms with E-state index in [1.165, 1.54) is 0 Å². The van der Waals surface area contributed by atoms with Crippen molar-refractivity contribution >= 4 is 16.6 Å². The first-order valence-electron chi connectivity index (χ1n) is 6.83. The Balaban J connectivity index is 1.77. The fraction of sp³-hybridized carbons (Fsp3) is 0.375. The lowest BCUT2D eigenvalue weighted by molar-refractivity contribution is 0.0857. The molecule has 2 heterocycles. The number of Topliss-reactive ketones (excluding diaryl/α,β-unsaturated/α-hetero) is 1. The predicted molar refractivity (Wildman–Crippen MR) is 74.3 cm³/mol. The molecule has 0 spiro atoms. The van der Waals surface area contributed by atoms with Crippen LogP contribution in [0.4, 0.5) is 0 Å². The lowest BCUT2D eigenvalue weighted by Crippen LogP contribution is -2.10. The number of nitrogens with zero attached hydrogens (tertiary/aromatic N) is 1. The number of hydrogen-bond donors (Lipinski definition) is 0. The second-order valence-electron chi connectivity index (χ2n) is 4.98. The standard InChI is InChI=1S/C16H17NO2/c18-15(8-7-13-5-3-11-19-13)16-14-6-2-1-4-12(14)9-10-17-16/h1-2,4,6,9-10,13H,3,5,7-8,11H2. The van der Waals surface area contributed by atoms with Crippen LogP contribution in [0.15, 0.2) is 36.5 Å². The van der Waals surface area contributed by atoms with Crippen LogP contribution in [0.5, 0.6) is 0 Å². The summed E-state index contributed by atoms with van der Waals surface area (Å²) in [6, 6.07) is 9.82. The smallest absolute Gasteiger partial charge is 0.181 e. The van der Waals surface area contributed by atoms with Crippen molar-refractivity contribution in [2.24, 2.45) is 0 Å². The molecule has 0 aliphatic carbocycles. The summed E-state index contributed by atoms with van der Waals surface area (Å²) in [5.41, 5.74) is 0.594. The van der Waals surface area contributed by atoms with E-state index in [2.05, 4.69) is 4.98 Å². The highest BCUT2D eigenvalue weighted by Gasteiger charge is 2.18. The van der Waals surface area contributed by atoms with Crippen LogP contribution < -0.4 is 0 Å². The Morgan fingerprint density at radius 2 is 2.21 bits per heavy atom. The largest absolute Gasteiger partial charge is 0.378 e. The van der Waals surface area contributed by atoms with E-state index < -0.39 is 0 Å². The molecule has 1 atom stereocenters. The number of ether oxygens (including phenoxy) is 1. The summed E-state index contributed by atoms with van der Waals surface area (Å²) in [7, 11) is 0. The third-order valence-electron chi connectivity index (χ3n) is 3.66. The first-order chi connectivity index (χ1) is 9.34. The van der Waals surface area contributed by atoms with Gasteiger partial charge in [-0.2, -0.15) is 0 Å². The van der Waals surface area contributed by atoms with Gasteiger partial charge in [-0.25, -0.2) is 0 Å². The van der Waals surface area contributed by atoms with E-state index in [1.807, 2.05) is 30.3 Å². The lowest BCUT2D eigenvalue weighted by Gasteiger charge is -2.09. The Hall–Kier alpha value is -1.74. The summed E-state index contributed by atoms with van der Waals surface area (Å²) in [5.74, 6) is 0.118. The van der Waals surface area contributed by atoms with Gasteiger partial charge in [-0.15, -0.1) is 0 Å². The molecule has 1 aromatic carbocycles. The van der Waals surface area contributed by atoms with Gasteiger partial charge < -0.3 is 4.74 Å². The fourth-order valence-corrected chi connectivity index (χ4v) is 2.62. The number of aromatic nitrogens is 1. The second kappa shape index (κ2) is 5.49. The van der Waals surface area contributed by atoms with Crippen molar-refractivity contribution in [1.82, 2.24) is 4.98 Å². The van der Waals surface area contributed by atoms with Crippen LogP contribution in [-0.4, -0.2) is 23.5 Å². The number of carbonyl (C=O) groups excluding carboxylic acids is 1. The highest BCUT2D eigenvalue weighted by molar-refractivity contribution is 6.06. The van der Waals surface area contributed by atoms with E-state index in [0.717, 1.165) is 36.6 Å². The van der Waals surface area contributed by atoms with Crippen molar-refractivity contribution in [3.63, 3.8) is 0 Å². The van der Waals surface area contributed by atoms with Crippen molar-refractivity contribution < 1.29 is 9.53 Å². The average Bonchev–Trinajstić information content (AvgIpc) is 2.97. The molecule has 1 saturated heterocycles. The fourth-order valence-electron chi connectivity index (χ4n) is 2.62. The van der Waals surface area contributed by atoms with Crippen molar-refractivity contribution in [3.8, 4) is 0 Å². The Bertz CT molecular complexity index is 583. The first kappa shape index (κ1) is 12.3. The Morgan fingerprint density at radius 3 is 3.05 bits per heavy atom. The van der Waals surface area contributed by atoms with Gasteiger partial charge in [0, 0.05) is 24.6 Å². The summed E-state index contributed by atoms with van der Waals surface area (Å²) in [6.07, 6.45) is 5.50. The molecule has 0 amide bonds. The van der Waals surface area contributed by atoms with E-state index in [4.69, 9.17) is 4.74 Å². The summed E-state index contributed by atoms with van der Waals surface area (Å²) in [4.78, 5) is 16.6. The van der Waals surface area contributed by atoms with Crippen LogP contribution in [0.1, 0.15) is 36.2 Å². The van der Waals surface area contributed by atoms with Crippen LogP contribution in [-0.2, 0) is 4.74 Å². The zero-order valence-corrected chi connectivity index (χ0v) is 10.8. The van der Waals surface area contributed by atoms with Crippen LogP contribution in [0.2, 0.25) is 0 Å². The van der Waals surface area contributed by atoms with E-state index in [0.29, 0.717) is 12.1 Å². The van der Waals surface area contributed by atoms with Crippen molar-refractivity contribution in [3.05, 3.63) is 42.2 Å². The van der Waals surface area contributed by atoms with Crippen LogP contribution in [0.25, 0.3) is 10.8 Å². The van der Waals surface area contributed by atoms with Crippen LogP contribution in [0, 0.1) is 0 Å². The molecule has 0 radical (unpaired) electrons. The molecular formula is C16H17NO2. The second-order valence-corrected chi connectivity index (χ2v) is 4.98. The molecule has 0 bridgehead atoms. The van der Waals surface area contributed by atoms with E-state index in [1.54, 1.807) is 6.20 Å². The zero-order chi connectivity index (χ0) is 13.1. The summed E-state index contributed by atoms with van der Waals surface area (Å²) < 4.78 is 5.55. The number of rotatable bonds is 4. The van der Waals surface area contributed by atoms with Crippen LogP contribution >= 0.6 is 0 Å². The normalized spacial score (nSPS) is 18.8. The van der Waals surface area contributed by atoms with Gasteiger partial charge in [-0.3, -0.25) is 9.78 Å². The van der Waals surface area contributed by atoms with Gasteiger partial charge in [-0.1, -0.05) is 24.3 Å². The molecule has 0 saturated carbocycles. The van der Waals surface area contributed by atoms with Gasteiger partial charge in [0.15, 0.2) is 5.78 Å². The topological polar surface area (TPSA) is 39.2 Å². The lowest BCUT2D eigenvalue weighted by atomic mass is 10.0. The SMILES string of the molecule is O=C(CCC1CCCO1)c1nccc2ccccc12. The summed E-state index contributed by atoms with van der Waals surface area (Å²) in [5, 5.41) is 2.01. The molecule has 1 fully saturated rings. The maximum absolute atomic E-state index is 12.3. The number of pyridine rings is 1. The van der Waals surface area contributed by atoms with Gasteiger partial charge in [0.2, 0.25) is 0 Å². The average molecular weight is 255 g/mol. The number of benzene rings is 1. The summed E-state index contributed by atoms with van der Waals surface area (Å²) >= 11 is 0. The number of hydrogen-bond acceptors (Lipinski definition) is 3. The molecule has 98 valence electrons. The molecule has 3 heteroatoms. The maximum Gasteiger partial charge on any atom is 0.181 e. The van der Waals surface area contributed by atoms with Gasteiger partial charge in [-0.05, 0) is 30.7 Å². The quantitative estimate of drug-likeness (QED) is 0.786. The predicted octanol–water partition coefficient (Wildman–Crippen LogP) is 3.38. The number of fused-ring (bicyclic) bond motifs is 1. The van der Waals surface area contributed by atoms with E-state index in [-0.39, 0.29) is 11.9 Å². The summed E-state index contributed by atoms with van der Waals surface area (Å²) in [6.45, 7) is 0.839. The van der Waals surface area contributed by atoms with Crippen molar-refractivity contribution in [1.29, 1.82) is 0 Å². The molecule has 1 aliphatic rings. The highest BCUT2D eigenvalue weighted by atomic mass is 16.5. The maximum atomic E-state index is 12.3. The highest BCUT2D eigenvalue weighted by Crippen LogP contribution is 2.21. The molecule has 1 unspecified atom stereocenters. The Kier molecular flexibility index (Phi) is 3.56. The van der Waals surface area contributed by atoms with Crippen molar-refractivity contribution in [2.75, 3.05) is 6.61 Å². The molecule has 1 aliphatic heterocycles. The Morgan fingerprint density at radius 1 is 1.32 bits per heavy atom. The molecule has 2 aromatic rings. The minimum atomic E-state index is 0.118. The monoisotopic (exact) mass is 255 g/mol. The Labute approximate surface area is 112 Å². The minimum absolute atomic E-state index is 0.118. The zero-order valence-electron chi connectivity index (χ0n) is 10.8. The van der Waals surface area contributed by atoms with E-state index >= 15 is 0 Å². The van der Waals surface area contributed by atoms with Gasteiger partial charge in [0.25, 0.3) is 0 Å². The number of ketones is 1. The molecule has 19 heavy (non-hydrogen) atoms. The van der Waals surface area contributed by atoms with Gasteiger partial charge in [0.1, 0.15) is 5.69 Å². The molecular weight excluding hydrogens is 238 g/mol. The minimum Gasteiger partial charge on any atom is -0.378 e. The molecule has 3 nitrogen and oxygen atoms in total. The van der Waals surface area contributed by atoms with Crippen LogP contribution in [0.3, 0.4) is 0 Å². The molecule has 0 N–H and O–H groups in total. The van der Waals surface area contributed by atoms with E-state index in [9.17, 15) is 4.79 Å². The first-order valence-corrected chi connectivity index (χ1v) is 6.83. The molecule has 3 rings (SSSR count). The number of carbonyl (C=O) groups is 1. The third-order valence-corrected chi connectivity index (χ3v) is 3.66. The van der Waals surface area contributed by atoms with Crippen molar-refractivity contribution in [2.45, 2.75) is 31.8 Å². The van der Waals surface area contributed by atoms with Gasteiger partial charge >= 0.3 is 0 Å². The molecule has 1 aromatic heterocycles. The van der Waals surface area contributed by atoms with Gasteiger partial charge in [0.05, 0.1) is 6.10 Å². The third kappa shape index (κ3) is 2.66.